The molecule has 0 nitrogen and oxygen atoms in total. The fraction of sp³-hybridized carbons (Fsp3) is 1.00. The molecular formula is C18H40. The van der Waals surface area contributed by atoms with Crippen LogP contribution in [-0.4, -0.2) is 0 Å². The average Bonchev–Trinajstić information content (AvgIpc) is 2.40. The zero-order chi connectivity index (χ0) is 14.2. The minimum Gasteiger partial charge on any atom is -0.0654 e. The molecule has 0 atom stereocenters. The van der Waals surface area contributed by atoms with Gasteiger partial charge >= 0.3 is 0 Å². The number of rotatable bonds is 10. The summed E-state index contributed by atoms with van der Waals surface area (Å²) in [6.07, 6.45) is 13.9. The maximum absolute atomic E-state index is 2.30. The Morgan fingerprint density at radius 1 is 0.500 bits per heavy atom. The van der Waals surface area contributed by atoms with Crippen molar-refractivity contribution in [3.63, 3.8) is 0 Å². The van der Waals surface area contributed by atoms with Gasteiger partial charge in [-0.15, -0.1) is 0 Å². The van der Waals surface area contributed by atoms with E-state index in [-0.39, 0.29) is 0 Å². The molecule has 0 spiro atoms. The molecule has 0 bridgehead atoms. The molecular weight excluding hydrogens is 216 g/mol. The standard InChI is InChI=1S/2C9H20/c1-4-7-8-9(5-2)6-3;1-4-7-9(6-3)8-5-2/h2*9H,4-8H2,1-3H3. The van der Waals surface area contributed by atoms with Crippen LogP contribution in [0, 0.1) is 11.8 Å². The lowest BCUT2D eigenvalue weighted by atomic mass is 9.96. The van der Waals surface area contributed by atoms with Gasteiger partial charge in [-0.2, -0.15) is 0 Å². The molecule has 0 heteroatoms. The summed E-state index contributed by atoms with van der Waals surface area (Å²) in [5, 5.41) is 0. The first-order valence-corrected chi connectivity index (χ1v) is 8.69. The molecule has 0 N–H and O–H groups in total. The van der Waals surface area contributed by atoms with Gasteiger partial charge in [-0.3, -0.25) is 0 Å². The second-order valence-corrected chi connectivity index (χ2v) is 5.68. The smallest absolute Gasteiger partial charge is 0.0417 e. The minimum atomic E-state index is 1.00. The highest BCUT2D eigenvalue weighted by Gasteiger charge is 2.01. The summed E-state index contributed by atoms with van der Waals surface area (Å²) in [7, 11) is 0. The van der Waals surface area contributed by atoms with Crippen molar-refractivity contribution >= 4 is 0 Å². The molecule has 0 aromatic heterocycles. The molecule has 0 aromatic carbocycles. The molecule has 0 radical (unpaired) electrons. The monoisotopic (exact) mass is 256 g/mol. The van der Waals surface area contributed by atoms with E-state index in [1.807, 2.05) is 0 Å². The molecule has 0 rings (SSSR count). The lowest BCUT2D eigenvalue weighted by Gasteiger charge is -2.10. The fourth-order valence-corrected chi connectivity index (χ4v) is 2.56. The van der Waals surface area contributed by atoms with Gasteiger partial charge in [-0.25, -0.2) is 0 Å². The highest BCUT2D eigenvalue weighted by molar-refractivity contribution is 4.54. The third-order valence-corrected chi connectivity index (χ3v) is 4.09. The maximum atomic E-state index is 2.30. The summed E-state index contributed by atoms with van der Waals surface area (Å²) < 4.78 is 0. The molecule has 18 heavy (non-hydrogen) atoms. The Morgan fingerprint density at radius 2 is 0.944 bits per heavy atom. The van der Waals surface area contributed by atoms with Crippen LogP contribution in [0.3, 0.4) is 0 Å². The highest BCUT2D eigenvalue weighted by atomic mass is 14.1. The number of hydrogen-bond donors (Lipinski definition) is 0. The first kappa shape index (κ1) is 20.3. The maximum Gasteiger partial charge on any atom is -0.0417 e. The van der Waals surface area contributed by atoms with Crippen LogP contribution in [0.15, 0.2) is 0 Å². The van der Waals surface area contributed by atoms with Gasteiger partial charge in [0.25, 0.3) is 0 Å². The van der Waals surface area contributed by atoms with E-state index in [9.17, 15) is 0 Å². The van der Waals surface area contributed by atoms with Crippen LogP contribution in [0.25, 0.3) is 0 Å². The second-order valence-electron chi connectivity index (χ2n) is 5.68. The van der Waals surface area contributed by atoms with E-state index in [0.29, 0.717) is 0 Å². The average molecular weight is 257 g/mol. The van der Waals surface area contributed by atoms with Crippen molar-refractivity contribution in [2.45, 2.75) is 106 Å². The Morgan fingerprint density at radius 3 is 1.22 bits per heavy atom. The predicted octanol–water partition coefficient (Wildman–Crippen LogP) is 7.23. The summed E-state index contributed by atoms with van der Waals surface area (Å²) in [5.41, 5.74) is 0. The van der Waals surface area contributed by atoms with Gasteiger partial charge in [0.05, 0.1) is 0 Å². The van der Waals surface area contributed by atoms with Crippen LogP contribution >= 0.6 is 0 Å². The van der Waals surface area contributed by atoms with E-state index in [2.05, 4.69) is 41.5 Å². The SMILES string of the molecule is CCCC(CC)CCC.CCCCC(CC)CC. The summed E-state index contributed by atoms with van der Waals surface area (Å²) in [6, 6.07) is 0. The minimum absolute atomic E-state index is 1.00. The van der Waals surface area contributed by atoms with Gasteiger partial charge in [0.15, 0.2) is 0 Å². The Kier molecular flexibility index (Phi) is 19.2. The van der Waals surface area contributed by atoms with Gasteiger partial charge in [0.1, 0.15) is 0 Å². The summed E-state index contributed by atoms with van der Waals surface area (Å²) in [6.45, 7) is 13.7. The van der Waals surface area contributed by atoms with Crippen LogP contribution < -0.4 is 0 Å². The molecule has 0 heterocycles. The normalized spacial score (nSPS) is 10.7. The van der Waals surface area contributed by atoms with E-state index in [0.717, 1.165) is 11.8 Å². The van der Waals surface area contributed by atoms with E-state index in [1.54, 1.807) is 0 Å². The van der Waals surface area contributed by atoms with E-state index >= 15 is 0 Å². The molecule has 0 fully saturated rings. The molecule has 0 aliphatic heterocycles. The first-order chi connectivity index (χ1) is 8.69. The van der Waals surface area contributed by atoms with Gasteiger partial charge < -0.3 is 0 Å². The fourth-order valence-electron chi connectivity index (χ4n) is 2.56. The van der Waals surface area contributed by atoms with Gasteiger partial charge in [-0.1, -0.05) is 106 Å². The Labute approximate surface area is 118 Å². The quantitative estimate of drug-likeness (QED) is 0.387. The van der Waals surface area contributed by atoms with Crippen molar-refractivity contribution in [3.8, 4) is 0 Å². The Bertz CT molecular complexity index is 118. The van der Waals surface area contributed by atoms with Crippen molar-refractivity contribution in [1.82, 2.24) is 0 Å². The van der Waals surface area contributed by atoms with Crippen LogP contribution in [0.4, 0.5) is 0 Å². The first-order valence-electron chi connectivity index (χ1n) is 8.69. The number of hydrogen-bond acceptors (Lipinski definition) is 0. The van der Waals surface area contributed by atoms with Crippen LogP contribution in [0.5, 0.6) is 0 Å². The molecule has 0 saturated carbocycles. The summed E-state index contributed by atoms with van der Waals surface area (Å²) >= 11 is 0. The highest BCUT2D eigenvalue weighted by Crippen LogP contribution is 2.16. The molecule has 0 aliphatic carbocycles. The molecule has 0 aromatic rings. The van der Waals surface area contributed by atoms with Gasteiger partial charge in [0, 0.05) is 0 Å². The van der Waals surface area contributed by atoms with E-state index in [1.165, 1.54) is 64.2 Å². The Hall–Kier alpha value is 0. The van der Waals surface area contributed by atoms with Crippen molar-refractivity contribution in [2.24, 2.45) is 11.8 Å². The predicted molar refractivity (Wildman–Crippen MR) is 87.2 cm³/mol. The lowest BCUT2D eigenvalue weighted by Crippen LogP contribution is -1.96. The second kappa shape index (κ2) is 17.0. The Balaban J connectivity index is 0. The number of unbranched alkanes of at least 4 members (excludes halogenated alkanes) is 1. The topological polar surface area (TPSA) is 0 Å². The lowest BCUT2D eigenvalue weighted by molar-refractivity contribution is 0.427. The summed E-state index contributed by atoms with van der Waals surface area (Å²) in [4.78, 5) is 0. The third-order valence-electron chi connectivity index (χ3n) is 4.09. The van der Waals surface area contributed by atoms with Crippen molar-refractivity contribution in [3.05, 3.63) is 0 Å². The molecule has 0 amide bonds. The largest absolute Gasteiger partial charge is 0.0654 e. The molecule has 0 saturated heterocycles. The van der Waals surface area contributed by atoms with Crippen molar-refractivity contribution in [2.75, 3.05) is 0 Å². The van der Waals surface area contributed by atoms with Crippen LogP contribution in [0.2, 0.25) is 0 Å². The van der Waals surface area contributed by atoms with Crippen LogP contribution in [0.1, 0.15) is 106 Å². The summed E-state index contributed by atoms with van der Waals surface area (Å²) in [5.74, 6) is 2.02. The molecule has 0 aliphatic rings. The molecule has 0 unspecified atom stereocenters. The van der Waals surface area contributed by atoms with E-state index < -0.39 is 0 Å². The zero-order valence-electron chi connectivity index (χ0n) is 14.2. The zero-order valence-corrected chi connectivity index (χ0v) is 14.2. The van der Waals surface area contributed by atoms with Gasteiger partial charge in [-0.05, 0) is 11.8 Å². The third kappa shape index (κ3) is 14.1. The van der Waals surface area contributed by atoms with E-state index in [4.69, 9.17) is 0 Å². The van der Waals surface area contributed by atoms with Crippen LogP contribution in [-0.2, 0) is 0 Å². The van der Waals surface area contributed by atoms with Crippen molar-refractivity contribution < 1.29 is 0 Å². The van der Waals surface area contributed by atoms with Gasteiger partial charge in [0.2, 0.25) is 0 Å². The molecule has 112 valence electrons. The van der Waals surface area contributed by atoms with Crippen molar-refractivity contribution in [1.29, 1.82) is 0 Å².